The van der Waals surface area contributed by atoms with Crippen LogP contribution in [0.4, 0.5) is 13.2 Å². The molecule has 1 heterocycles. The van der Waals surface area contributed by atoms with Gasteiger partial charge in [-0.2, -0.15) is 18.2 Å². The van der Waals surface area contributed by atoms with Crippen LogP contribution in [0.25, 0.3) is 11.4 Å². The lowest BCUT2D eigenvalue weighted by Crippen LogP contribution is -2.39. The van der Waals surface area contributed by atoms with Crippen LogP contribution < -0.4 is 0 Å². The minimum atomic E-state index is -4.74. The number of sulfone groups is 1. The van der Waals surface area contributed by atoms with Gasteiger partial charge in [0.25, 0.3) is 5.91 Å². The second-order valence-electron chi connectivity index (χ2n) is 5.86. The molecule has 0 bridgehead atoms. The second kappa shape index (κ2) is 7.06. The third kappa shape index (κ3) is 4.81. The maximum atomic E-state index is 12.5. The molecule has 0 unspecified atom stereocenters. The molecule has 26 heavy (non-hydrogen) atoms. The van der Waals surface area contributed by atoms with E-state index in [4.69, 9.17) is 0 Å². The lowest BCUT2D eigenvalue weighted by atomic mass is 10.1. The summed E-state index contributed by atoms with van der Waals surface area (Å²) in [7, 11) is -1.78. The van der Waals surface area contributed by atoms with Gasteiger partial charge in [-0.25, -0.2) is 8.42 Å². The average molecular weight is 391 g/mol. The maximum Gasteiger partial charge on any atom is 0.471 e. The zero-order valence-electron chi connectivity index (χ0n) is 14.1. The Kier molecular flexibility index (Phi) is 5.40. The molecule has 1 amide bonds. The quantitative estimate of drug-likeness (QED) is 0.776. The van der Waals surface area contributed by atoms with Crippen LogP contribution in [-0.4, -0.2) is 54.5 Å². The predicted octanol–water partition coefficient (Wildman–Crippen LogP) is 2.26. The van der Waals surface area contributed by atoms with Crippen molar-refractivity contribution in [2.24, 2.45) is 0 Å². The Morgan fingerprint density at radius 3 is 2.31 bits per heavy atom. The summed E-state index contributed by atoms with van der Waals surface area (Å²) in [5.74, 6) is -2.31. The molecule has 7 nitrogen and oxygen atoms in total. The fourth-order valence-electron chi connectivity index (χ4n) is 2.17. The third-order valence-electron chi connectivity index (χ3n) is 3.58. The number of amides is 1. The average Bonchev–Trinajstić information content (AvgIpc) is 3.02. The van der Waals surface area contributed by atoms with Crippen molar-refractivity contribution in [1.29, 1.82) is 0 Å². The van der Waals surface area contributed by atoms with E-state index in [1.165, 1.54) is 36.2 Å². The number of hydrogen-bond donors (Lipinski definition) is 0. The number of benzene rings is 1. The molecule has 0 fully saturated rings. The molecular weight excluding hydrogens is 375 g/mol. The topological polar surface area (TPSA) is 93.4 Å². The Bertz CT molecular complexity index is 892. The summed E-state index contributed by atoms with van der Waals surface area (Å²) in [6.45, 7) is 1.60. The van der Waals surface area contributed by atoms with Gasteiger partial charge in [-0.05, 0) is 19.1 Å². The van der Waals surface area contributed by atoms with Gasteiger partial charge < -0.3 is 9.42 Å². The number of rotatable bonds is 5. The minimum absolute atomic E-state index is 0.184. The molecule has 0 saturated carbocycles. The summed E-state index contributed by atoms with van der Waals surface area (Å²) in [5, 5.41) is 3.26. The summed E-state index contributed by atoms with van der Waals surface area (Å²) in [5.41, 5.74) is 0.490. The van der Waals surface area contributed by atoms with Crippen LogP contribution in [0.5, 0.6) is 0 Å². The van der Waals surface area contributed by atoms with E-state index in [2.05, 4.69) is 14.7 Å². The number of halogens is 3. The van der Waals surface area contributed by atoms with Crippen LogP contribution in [0.1, 0.15) is 23.2 Å². The Morgan fingerprint density at radius 2 is 1.85 bits per heavy atom. The van der Waals surface area contributed by atoms with Crippen molar-refractivity contribution < 1.29 is 30.9 Å². The lowest BCUT2D eigenvalue weighted by Gasteiger charge is -2.24. The summed E-state index contributed by atoms with van der Waals surface area (Å²) in [6, 6.07) is 5.01. The van der Waals surface area contributed by atoms with Crippen molar-refractivity contribution in [1.82, 2.24) is 15.0 Å². The Morgan fingerprint density at radius 1 is 1.27 bits per heavy atom. The highest BCUT2D eigenvalue weighted by Crippen LogP contribution is 2.29. The highest BCUT2D eigenvalue weighted by Gasteiger charge is 2.38. The first-order valence-corrected chi connectivity index (χ1v) is 9.41. The highest BCUT2D eigenvalue weighted by atomic mass is 32.2. The standard InChI is InChI=1S/C15H16F3N3O4S/c1-9(8-26(3,23)24)21(2)13(22)11-6-4-10(5-7-11)12-19-14(25-20-12)15(16,17)18/h4-7,9H,8H2,1-3H3/t9-/m1/s1. The van der Waals surface area contributed by atoms with Crippen LogP contribution in [-0.2, 0) is 16.0 Å². The molecule has 0 saturated heterocycles. The van der Waals surface area contributed by atoms with Crippen LogP contribution in [0, 0.1) is 0 Å². The molecule has 0 aliphatic heterocycles. The van der Waals surface area contributed by atoms with E-state index in [-0.39, 0.29) is 22.7 Å². The van der Waals surface area contributed by atoms with Crippen molar-refractivity contribution in [3.63, 3.8) is 0 Å². The van der Waals surface area contributed by atoms with Gasteiger partial charge >= 0.3 is 12.1 Å². The Hall–Kier alpha value is -2.43. The molecule has 2 aromatic rings. The van der Waals surface area contributed by atoms with Crippen molar-refractivity contribution in [2.45, 2.75) is 19.1 Å². The molecule has 11 heteroatoms. The summed E-state index contributed by atoms with van der Waals surface area (Å²) >= 11 is 0. The van der Waals surface area contributed by atoms with Crippen LogP contribution in [0.2, 0.25) is 0 Å². The minimum Gasteiger partial charge on any atom is -0.338 e. The number of hydrogen-bond acceptors (Lipinski definition) is 6. The number of aromatic nitrogens is 2. The molecule has 0 aliphatic carbocycles. The monoisotopic (exact) mass is 391 g/mol. The van der Waals surface area contributed by atoms with Crippen molar-refractivity contribution >= 4 is 15.7 Å². The van der Waals surface area contributed by atoms with E-state index < -0.39 is 33.9 Å². The molecule has 142 valence electrons. The first-order valence-electron chi connectivity index (χ1n) is 7.34. The van der Waals surface area contributed by atoms with E-state index in [1.807, 2.05) is 0 Å². The fraction of sp³-hybridized carbons (Fsp3) is 0.400. The Balaban J connectivity index is 2.16. The predicted molar refractivity (Wildman–Crippen MR) is 86.0 cm³/mol. The molecule has 0 aliphatic rings. The van der Waals surface area contributed by atoms with Gasteiger partial charge in [-0.1, -0.05) is 17.3 Å². The highest BCUT2D eigenvalue weighted by molar-refractivity contribution is 7.90. The second-order valence-corrected chi connectivity index (χ2v) is 8.04. The first kappa shape index (κ1) is 19.9. The summed E-state index contributed by atoms with van der Waals surface area (Å²) < 4.78 is 64.3. The van der Waals surface area contributed by atoms with Gasteiger partial charge in [-0.3, -0.25) is 4.79 Å². The molecule has 1 aromatic carbocycles. The molecular formula is C15H16F3N3O4S. The van der Waals surface area contributed by atoms with Gasteiger partial charge in [0.1, 0.15) is 9.84 Å². The zero-order chi connectivity index (χ0) is 19.7. The number of alkyl halides is 3. The van der Waals surface area contributed by atoms with Gasteiger partial charge in [0.15, 0.2) is 0 Å². The lowest BCUT2D eigenvalue weighted by molar-refractivity contribution is -0.159. The molecule has 0 N–H and O–H groups in total. The van der Waals surface area contributed by atoms with E-state index in [1.54, 1.807) is 6.92 Å². The van der Waals surface area contributed by atoms with E-state index in [9.17, 15) is 26.4 Å². The normalized spacial score (nSPS) is 13.5. The van der Waals surface area contributed by atoms with Crippen LogP contribution in [0.15, 0.2) is 28.8 Å². The van der Waals surface area contributed by atoms with Gasteiger partial charge in [0.2, 0.25) is 5.82 Å². The molecule has 1 aromatic heterocycles. The fourth-order valence-corrected chi connectivity index (χ4v) is 3.27. The first-order chi connectivity index (χ1) is 11.9. The van der Waals surface area contributed by atoms with Gasteiger partial charge in [0, 0.05) is 30.5 Å². The maximum absolute atomic E-state index is 12.5. The van der Waals surface area contributed by atoms with Crippen molar-refractivity contribution in [3.05, 3.63) is 35.7 Å². The smallest absolute Gasteiger partial charge is 0.338 e. The molecule has 0 radical (unpaired) electrons. The van der Waals surface area contributed by atoms with Crippen molar-refractivity contribution in [2.75, 3.05) is 19.1 Å². The zero-order valence-corrected chi connectivity index (χ0v) is 14.9. The van der Waals surface area contributed by atoms with Crippen LogP contribution in [0.3, 0.4) is 0 Å². The summed E-state index contributed by atoms with van der Waals surface area (Å²) in [6.07, 6.45) is -3.66. The molecule has 0 spiro atoms. The van der Waals surface area contributed by atoms with Gasteiger partial charge in [0.05, 0.1) is 5.75 Å². The SMILES string of the molecule is C[C@H](CS(C)(=O)=O)N(C)C(=O)c1ccc(-c2noc(C(F)(F)F)n2)cc1. The number of nitrogens with zero attached hydrogens (tertiary/aromatic N) is 3. The van der Waals surface area contributed by atoms with E-state index in [0.29, 0.717) is 0 Å². The van der Waals surface area contributed by atoms with Gasteiger partial charge in [-0.15, -0.1) is 0 Å². The molecule has 1 atom stereocenters. The van der Waals surface area contributed by atoms with Crippen LogP contribution >= 0.6 is 0 Å². The van der Waals surface area contributed by atoms with E-state index in [0.717, 1.165) is 6.26 Å². The molecule has 2 rings (SSSR count). The largest absolute Gasteiger partial charge is 0.471 e. The van der Waals surface area contributed by atoms with E-state index >= 15 is 0 Å². The number of carbonyl (C=O) groups excluding carboxylic acids is 1. The summed E-state index contributed by atoms with van der Waals surface area (Å²) in [4.78, 5) is 16.9. The number of carbonyl (C=O) groups is 1. The Labute approximate surface area is 147 Å². The third-order valence-corrected chi connectivity index (χ3v) is 4.67. The van der Waals surface area contributed by atoms with Crippen molar-refractivity contribution in [3.8, 4) is 11.4 Å².